The van der Waals surface area contributed by atoms with Crippen LogP contribution in [0.4, 0.5) is 4.39 Å². The second-order valence-corrected chi connectivity index (χ2v) is 2.69. The normalized spacial score (nSPS) is 10.9. The number of rotatable bonds is 2. The summed E-state index contributed by atoms with van der Waals surface area (Å²) in [7, 11) is 0. The Labute approximate surface area is 75.1 Å². The molecule has 1 nitrogen and oxygen atoms in total. The summed E-state index contributed by atoms with van der Waals surface area (Å²) < 4.78 is 12.9. The van der Waals surface area contributed by atoms with Gasteiger partial charge in [-0.3, -0.25) is 0 Å². The molecule has 0 aliphatic rings. The molecular weight excluding hydrogens is 179 g/mol. The van der Waals surface area contributed by atoms with Crippen LogP contribution in [0.5, 0.6) is 0 Å². The molecule has 0 aliphatic carbocycles. The Morgan fingerprint density at radius 2 is 2.25 bits per heavy atom. The molecule has 0 aromatic heterocycles. The van der Waals surface area contributed by atoms with E-state index < -0.39 is 0 Å². The van der Waals surface area contributed by atoms with Crippen molar-refractivity contribution in [2.24, 2.45) is 0 Å². The summed E-state index contributed by atoms with van der Waals surface area (Å²) in [6.45, 7) is -0.105. The maximum atomic E-state index is 12.9. The lowest BCUT2D eigenvalue weighted by Gasteiger charge is -1.96. The molecule has 1 rings (SSSR count). The fourth-order valence-electron chi connectivity index (χ4n) is 0.822. The minimum absolute atomic E-state index is 0.105. The Balaban J connectivity index is 2.97. The van der Waals surface area contributed by atoms with Gasteiger partial charge in [-0.25, -0.2) is 4.39 Å². The number of hydrogen-bond acceptors (Lipinski definition) is 1. The third kappa shape index (κ3) is 2.32. The van der Waals surface area contributed by atoms with Crippen LogP contribution < -0.4 is 0 Å². The predicted octanol–water partition coefficient (Wildman–Crippen LogP) is 2.48. The SMILES string of the molecule is OC/C=C/c1cc(Cl)ccc1F. The summed E-state index contributed by atoms with van der Waals surface area (Å²) in [6.07, 6.45) is 2.94. The van der Waals surface area contributed by atoms with Crippen LogP contribution in [0.3, 0.4) is 0 Å². The lowest BCUT2D eigenvalue weighted by atomic mass is 10.2. The summed E-state index contributed by atoms with van der Waals surface area (Å²) in [5, 5.41) is 8.93. The fourth-order valence-corrected chi connectivity index (χ4v) is 1.00. The van der Waals surface area contributed by atoms with Gasteiger partial charge in [0.1, 0.15) is 5.82 Å². The van der Waals surface area contributed by atoms with E-state index in [1.165, 1.54) is 30.4 Å². The highest BCUT2D eigenvalue weighted by Gasteiger charge is 1.97. The summed E-state index contributed by atoms with van der Waals surface area (Å²) in [5.74, 6) is -0.343. The molecular formula is C9H8ClFO. The first-order chi connectivity index (χ1) is 5.74. The summed E-state index contributed by atoms with van der Waals surface area (Å²) in [6, 6.07) is 4.27. The Morgan fingerprint density at radius 3 is 2.92 bits per heavy atom. The highest BCUT2D eigenvalue weighted by molar-refractivity contribution is 6.30. The molecule has 0 amide bonds. The third-order valence-electron chi connectivity index (χ3n) is 1.36. The van der Waals surface area contributed by atoms with E-state index in [4.69, 9.17) is 16.7 Å². The van der Waals surface area contributed by atoms with Gasteiger partial charge in [0.05, 0.1) is 6.61 Å². The van der Waals surface area contributed by atoms with Gasteiger partial charge in [-0.2, -0.15) is 0 Å². The van der Waals surface area contributed by atoms with Crippen molar-refractivity contribution in [3.05, 3.63) is 40.7 Å². The van der Waals surface area contributed by atoms with Gasteiger partial charge in [-0.15, -0.1) is 0 Å². The van der Waals surface area contributed by atoms with E-state index in [2.05, 4.69) is 0 Å². The molecule has 3 heteroatoms. The average Bonchev–Trinajstić information content (AvgIpc) is 2.07. The van der Waals surface area contributed by atoms with E-state index >= 15 is 0 Å². The number of benzene rings is 1. The van der Waals surface area contributed by atoms with Crippen molar-refractivity contribution in [3.8, 4) is 0 Å². The van der Waals surface area contributed by atoms with Gasteiger partial charge in [0, 0.05) is 10.6 Å². The second-order valence-electron chi connectivity index (χ2n) is 2.25. The number of halogens is 2. The van der Waals surface area contributed by atoms with Crippen molar-refractivity contribution in [2.45, 2.75) is 0 Å². The Bertz CT molecular complexity index is 297. The first-order valence-corrected chi connectivity index (χ1v) is 3.84. The van der Waals surface area contributed by atoms with Crippen molar-refractivity contribution in [3.63, 3.8) is 0 Å². The van der Waals surface area contributed by atoms with Gasteiger partial charge < -0.3 is 5.11 Å². The van der Waals surface area contributed by atoms with Crippen molar-refractivity contribution >= 4 is 17.7 Å². The van der Waals surface area contributed by atoms with Crippen LogP contribution in [0, 0.1) is 5.82 Å². The minimum Gasteiger partial charge on any atom is -0.392 e. The molecule has 0 unspecified atom stereocenters. The molecule has 1 aromatic carbocycles. The molecule has 0 saturated heterocycles. The van der Waals surface area contributed by atoms with Gasteiger partial charge >= 0.3 is 0 Å². The van der Waals surface area contributed by atoms with Crippen molar-refractivity contribution in [2.75, 3.05) is 6.61 Å². The zero-order valence-electron chi connectivity index (χ0n) is 6.30. The Kier molecular flexibility index (Phi) is 3.26. The van der Waals surface area contributed by atoms with Crippen LogP contribution in [0.25, 0.3) is 6.08 Å². The van der Waals surface area contributed by atoms with Gasteiger partial charge in [0.15, 0.2) is 0 Å². The van der Waals surface area contributed by atoms with Gasteiger partial charge in [0.2, 0.25) is 0 Å². The molecule has 1 aromatic rings. The zero-order chi connectivity index (χ0) is 8.97. The monoisotopic (exact) mass is 186 g/mol. The number of aliphatic hydroxyl groups is 1. The molecule has 64 valence electrons. The topological polar surface area (TPSA) is 20.2 Å². The van der Waals surface area contributed by atoms with E-state index in [0.29, 0.717) is 10.6 Å². The maximum Gasteiger partial charge on any atom is 0.130 e. The van der Waals surface area contributed by atoms with E-state index in [-0.39, 0.29) is 12.4 Å². The largest absolute Gasteiger partial charge is 0.392 e. The standard InChI is InChI=1S/C9H8ClFO/c10-8-3-4-9(11)7(6-8)2-1-5-12/h1-4,6,12H,5H2/b2-1+. The summed E-state index contributed by atoms with van der Waals surface area (Å²) in [4.78, 5) is 0. The van der Waals surface area contributed by atoms with Crippen LogP contribution in [-0.2, 0) is 0 Å². The molecule has 0 atom stereocenters. The Hall–Kier alpha value is -0.860. The van der Waals surface area contributed by atoms with Gasteiger partial charge in [-0.1, -0.05) is 23.8 Å². The average molecular weight is 187 g/mol. The second kappa shape index (κ2) is 4.24. The Morgan fingerprint density at radius 1 is 1.50 bits per heavy atom. The van der Waals surface area contributed by atoms with Gasteiger partial charge in [-0.05, 0) is 18.2 Å². The molecule has 0 fully saturated rings. The first-order valence-electron chi connectivity index (χ1n) is 3.46. The minimum atomic E-state index is -0.343. The van der Waals surface area contributed by atoms with Crippen LogP contribution in [0.1, 0.15) is 5.56 Å². The van der Waals surface area contributed by atoms with Crippen molar-refractivity contribution in [1.29, 1.82) is 0 Å². The van der Waals surface area contributed by atoms with Crippen LogP contribution in [0.2, 0.25) is 5.02 Å². The summed E-state index contributed by atoms with van der Waals surface area (Å²) in [5.41, 5.74) is 0.386. The lowest BCUT2D eigenvalue weighted by molar-refractivity contribution is 0.343. The molecule has 0 bridgehead atoms. The number of aliphatic hydroxyl groups excluding tert-OH is 1. The van der Waals surface area contributed by atoms with Gasteiger partial charge in [0.25, 0.3) is 0 Å². The van der Waals surface area contributed by atoms with E-state index in [0.717, 1.165) is 0 Å². The molecule has 12 heavy (non-hydrogen) atoms. The number of hydrogen-bond donors (Lipinski definition) is 1. The van der Waals surface area contributed by atoms with E-state index in [1.807, 2.05) is 0 Å². The molecule has 1 N–H and O–H groups in total. The maximum absolute atomic E-state index is 12.9. The van der Waals surface area contributed by atoms with Crippen LogP contribution in [-0.4, -0.2) is 11.7 Å². The van der Waals surface area contributed by atoms with Crippen LogP contribution in [0.15, 0.2) is 24.3 Å². The molecule has 0 saturated carbocycles. The highest BCUT2D eigenvalue weighted by atomic mass is 35.5. The van der Waals surface area contributed by atoms with E-state index in [1.54, 1.807) is 0 Å². The molecule has 0 radical (unpaired) electrons. The lowest BCUT2D eigenvalue weighted by Crippen LogP contribution is -1.81. The molecule has 0 spiro atoms. The van der Waals surface area contributed by atoms with Crippen molar-refractivity contribution < 1.29 is 9.50 Å². The van der Waals surface area contributed by atoms with E-state index in [9.17, 15) is 4.39 Å². The van der Waals surface area contributed by atoms with Crippen LogP contribution >= 0.6 is 11.6 Å². The smallest absolute Gasteiger partial charge is 0.130 e. The first kappa shape index (κ1) is 9.23. The highest BCUT2D eigenvalue weighted by Crippen LogP contribution is 2.15. The van der Waals surface area contributed by atoms with Crippen molar-refractivity contribution in [1.82, 2.24) is 0 Å². The molecule has 0 heterocycles. The summed E-state index contributed by atoms with van der Waals surface area (Å²) >= 11 is 5.63. The predicted molar refractivity (Wildman–Crippen MR) is 47.5 cm³/mol. The third-order valence-corrected chi connectivity index (χ3v) is 1.60. The zero-order valence-corrected chi connectivity index (χ0v) is 7.05. The quantitative estimate of drug-likeness (QED) is 0.753. The fraction of sp³-hybridized carbons (Fsp3) is 0.111. The molecule has 0 aliphatic heterocycles.